The van der Waals surface area contributed by atoms with Gasteiger partial charge in [0.1, 0.15) is 5.75 Å². The predicted octanol–water partition coefficient (Wildman–Crippen LogP) is 0.257. The van der Waals surface area contributed by atoms with Crippen molar-refractivity contribution in [1.29, 1.82) is 0 Å². The van der Waals surface area contributed by atoms with E-state index in [0.29, 0.717) is 12.3 Å². The van der Waals surface area contributed by atoms with Crippen LogP contribution in [0.3, 0.4) is 0 Å². The average molecular weight is 261 g/mol. The number of hydrazine groups is 1. The van der Waals surface area contributed by atoms with E-state index < -0.39 is 0 Å². The molecule has 1 fully saturated rings. The number of benzene rings is 1. The Hall–Kier alpha value is -2.10. The first-order valence-electron chi connectivity index (χ1n) is 6.18. The van der Waals surface area contributed by atoms with E-state index in [1.54, 1.807) is 12.1 Å². The number of fused-ring (bicyclic) bond motifs is 1. The fourth-order valence-electron chi connectivity index (χ4n) is 1.97. The number of rotatable bonds is 1. The fraction of sp³-hybridized carbons (Fsp3) is 0.385. The Labute approximate surface area is 111 Å². The van der Waals surface area contributed by atoms with Crippen LogP contribution in [0.2, 0.25) is 0 Å². The van der Waals surface area contributed by atoms with Gasteiger partial charge in [0.2, 0.25) is 0 Å². The molecule has 1 aromatic carbocycles. The number of aromatic hydroxyl groups is 1. The lowest BCUT2D eigenvalue weighted by atomic mass is 10.2. The van der Waals surface area contributed by atoms with E-state index in [2.05, 4.69) is 17.5 Å². The van der Waals surface area contributed by atoms with Crippen molar-refractivity contribution in [1.82, 2.24) is 15.5 Å². The highest BCUT2D eigenvalue weighted by Crippen LogP contribution is 2.30. The summed E-state index contributed by atoms with van der Waals surface area (Å²) >= 11 is 0. The SMILES string of the molecule is Oc1ccc2c(c1)ON(NC#CN1CCOCC1)C2. The van der Waals surface area contributed by atoms with Crippen molar-refractivity contribution in [3.8, 4) is 23.6 Å². The molecule has 2 aliphatic heterocycles. The molecule has 0 aromatic heterocycles. The molecular weight excluding hydrogens is 246 g/mol. The molecule has 0 atom stereocenters. The lowest BCUT2D eigenvalue weighted by Gasteiger charge is -2.22. The number of phenolic OH excluding ortho intramolecular Hbond substituents is 1. The summed E-state index contributed by atoms with van der Waals surface area (Å²) in [6.45, 7) is 3.68. The number of phenols is 1. The van der Waals surface area contributed by atoms with E-state index >= 15 is 0 Å². The zero-order chi connectivity index (χ0) is 13.1. The van der Waals surface area contributed by atoms with Crippen LogP contribution in [0.15, 0.2) is 18.2 Å². The fourth-order valence-corrected chi connectivity index (χ4v) is 1.97. The Morgan fingerprint density at radius 1 is 1.26 bits per heavy atom. The van der Waals surface area contributed by atoms with Gasteiger partial charge in [-0.25, -0.2) is 5.43 Å². The van der Waals surface area contributed by atoms with Crippen LogP contribution in [0.4, 0.5) is 0 Å². The van der Waals surface area contributed by atoms with Gasteiger partial charge >= 0.3 is 0 Å². The van der Waals surface area contributed by atoms with Crippen LogP contribution in [0.1, 0.15) is 5.56 Å². The van der Waals surface area contributed by atoms with E-state index in [0.717, 1.165) is 31.9 Å². The first kappa shape index (κ1) is 12.0. The molecule has 0 spiro atoms. The third kappa shape index (κ3) is 2.84. The van der Waals surface area contributed by atoms with Gasteiger partial charge in [-0.2, -0.15) is 0 Å². The summed E-state index contributed by atoms with van der Waals surface area (Å²) in [5.74, 6) is 0.848. The maximum atomic E-state index is 9.36. The van der Waals surface area contributed by atoms with E-state index in [-0.39, 0.29) is 5.75 Å². The van der Waals surface area contributed by atoms with Crippen molar-refractivity contribution in [3.63, 3.8) is 0 Å². The van der Waals surface area contributed by atoms with E-state index in [4.69, 9.17) is 9.57 Å². The minimum absolute atomic E-state index is 0.194. The third-order valence-corrected chi connectivity index (χ3v) is 2.98. The van der Waals surface area contributed by atoms with Crippen LogP contribution < -0.4 is 10.3 Å². The van der Waals surface area contributed by atoms with Crippen molar-refractivity contribution >= 4 is 0 Å². The van der Waals surface area contributed by atoms with Crippen molar-refractivity contribution in [2.75, 3.05) is 26.3 Å². The number of hydroxylamine groups is 1. The summed E-state index contributed by atoms with van der Waals surface area (Å²) in [5.41, 5.74) is 3.89. The molecule has 6 nitrogen and oxygen atoms in total. The Kier molecular flexibility index (Phi) is 3.31. The lowest BCUT2D eigenvalue weighted by molar-refractivity contribution is -0.0746. The molecule has 2 N–H and O–H groups in total. The molecular formula is C13H15N3O3. The molecule has 100 valence electrons. The van der Waals surface area contributed by atoms with E-state index in [1.807, 2.05) is 11.0 Å². The normalized spacial score (nSPS) is 18.2. The molecule has 1 saturated heterocycles. The Morgan fingerprint density at radius 2 is 2.11 bits per heavy atom. The molecule has 1 aromatic rings. The third-order valence-electron chi connectivity index (χ3n) is 2.98. The van der Waals surface area contributed by atoms with Gasteiger partial charge in [0.15, 0.2) is 5.75 Å². The second kappa shape index (κ2) is 5.26. The summed E-state index contributed by atoms with van der Waals surface area (Å²) in [5, 5.41) is 10.9. The first-order valence-corrected chi connectivity index (χ1v) is 6.18. The van der Waals surface area contributed by atoms with Crippen molar-refractivity contribution < 1.29 is 14.7 Å². The van der Waals surface area contributed by atoms with Crippen molar-refractivity contribution in [2.24, 2.45) is 0 Å². The molecule has 0 radical (unpaired) electrons. The van der Waals surface area contributed by atoms with Crippen LogP contribution in [0.5, 0.6) is 11.5 Å². The van der Waals surface area contributed by atoms with Gasteiger partial charge in [-0.3, -0.25) is 0 Å². The second-order valence-electron chi connectivity index (χ2n) is 4.37. The number of hydrogen-bond acceptors (Lipinski definition) is 6. The summed E-state index contributed by atoms with van der Waals surface area (Å²) in [6, 6.07) is 10.9. The van der Waals surface area contributed by atoms with E-state index in [1.165, 1.54) is 5.17 Å². The highest BCUT2D eigenvalue weighted by Gasteiger charge is 2.20. The molecule has 0 unspecified atom stereocenters. The Bertz CT molecular complexity index is 518. The van der Waals surface area contributed by atoms with Crippen LogP contribution in [-0.4, -0.2) is 41.5 Å². The molecule has 0 bridgehead atoms. The maximum Gasteiger partial charge on any atom is 0.158 e. The molecule has 0 amide bonds. The predicted molar refractivity (Wildman–Crippen MR) is 67.6 cm³/mol. The van der Waals surface area contributed by atoms with Gasteiger partial charge in [-0.05, 0) is 11.2 Å². The molecule has 19 heavy (non-hydrogen) atoms. The molecule has 6 heteroatoms. The molecule has 3 rings (SSSR count). The smallest absolute Gasteiger partial charge is 0.158 e. The largest absolute Gasteiger partial charge is 0.508 e. The van der Waals surface area contributed by atoms with Gasteiger partial charge in [-0.15, -0.1) is 0 Å². The zero-order valence-corrected chi connectivity index (χ0v) is 10.4. The average Bonchev–Trinajstić information content (AvgIpc) is 2.82. The summed E-state index contributed by atoms with van der Waals surface area (Å²) in [4.78, 5) is 7.50. The minimum atomic E-state index is 0.194. The topological polar surface area (TPSA) is 57.2 Å². The Balaban J connectivity index is 1.54. The lowest BCUT2D eigenvalue weighted by Crippen LogP contribution is -2.35. The molecule has 2 aliphatic rings. The van der Waals surface area contributed by atoms with Crippen LogP contribution in [0, 0.1) is 12.1 Å². The van der Waals surface area contributed by atoms with Crippen LogP contribution in [0.25, 0.3) is 0 Å². The summed E-state index contributed by atoms with van der Waals surface area (Å²) < 4.78 is 5.24. The van der Waals surface area contributed by atoms with Gasteiger partial charge in [0, 0.05) is 36.8 Å². The number of nitrogens with zero attached hydrogens (tertiary/aromatic N) is 2. The van der Waals surface area contributed by atoms with Crippen LogP contribution >= 0.6 is 0 Å². The van der Waals surface area contributed by atoms with Crippen molar-refractivity contribution in [3.05, 3.63) is 23.8 Å². The number of morpholine rings is 1. The highest BCUT2D eigenvalue weighted by molar-refractivity contribution is 5.41. The van der Waals surface area contributed by atoms with Gasteiger partial charge in [-0.1, -0.05) is 6.07 Å². The van der Waals surface area contributed by atoms with Gasteiger partial charge in [0.25, 0.3) is 0 Å². The van der Waals surface area contributed by atoms with Gasteiger partial charge in [0.05, 0.1) is 19.8 Å². The standard InChI is InChI=1S/C13H15N3O3/c17-12-2-1-11-10-16(19-13(11)9-12)14-3-4-15-5-7-18-8-6-15/h1-2,9,14,17H,5-8,10H2. The second-order valence-corrected chi connectivity index (χ2v) is 4.37. The monoisotopic (exact) mass is 261 g/mol. The van der Waals surface area contributed by atoms with Gasteiger partial charge < -0.3 is 19.6 Å². The quantitative estimate of drug-likeness (QED) is 0.558. The number of nitrogens with one attached hydrogen (secondary N) is 1. The Morgan fingerprint density at radius 3 is 2.95 bits per heavy atom. The van der Waals surface area contributed by atoms with Crippen LogP contribution in [-0.2, 0) is 11.3 Å². The first-order chi connectivity index (χ1) is 9.31. The molecule has 0 aliphatic carbocycles. The van der Waals surface area contributed by atoms with Crippen molar-refractivity contribution in [2.45, 2.75) is 6.54 Å². The summed E-state index contributed by atoms with van der Waals surface area (Å²) in [6.07, 6.45) is 0. The van der Waals surface area contributed by atoms with E-state index in [9.17, 15) is 5.11 Å². The zero-order valence-electron chi connectivity index (χ0n) is 10.4. The number of hydrogen-bond donors (Lipinski definition) is 2. The summed E-state index contributed by atoms with van der Waals surface area (Å²) in [7, 11) is 0. The molecule has 0 saturated carbocycles. The maximum absolute atomic E-state index is 9.36. The number of ether oxygens (including phenoxy) is 1. The minimum Gasteiger partial charge on any atom is -0.508 e. The molecule has 2 heterocycles. The highest BCUT2D eigenvalue weighted by atomic mass is 16.7.